The van der Waals surface area contributed by atoms with Crippen LogP contribution in [0.15, 0.2) is 0 Å². The van der Waals surface area contributed by atoms with E-state index in [0.29, 0.717) is 12.1 Å². The topological polar surface area (TPSA) is 24.5 Å². The van der Waals surface area contributed by atoms with Crippen molar-refractivity contribution in [3.8, 4) is 0 Å². The minimum Gasteiger partial charge on any atom is -0.383 e. The van der Waals surface area contributed by atoms with E-state index in [1.165, 1.54) is 32.1 Å². The summed E-state index contributed by atoms with van der Waals surface area (Å²) in [6.07, 6.45) is 6.63. The van der Waals surface area contributed by atoms with E-state index in [0.717, 1.165) is 25.6 Å². The van der Waals surface area contributed by atoms with Gasteiger partial charge in [0, 0.05) is 25.7 Å². The molecule has 1 N–H and O–H groups in total. The van der Waals surface area contributed by atoms with Crippen LogP contribution in [-0.2, 0) is 4.74 Å². The van der Waals surface area contributed by atoms with Gasteiger partial charge in [-0.05, 0) is 45.2 Å². The number of nitrogens with zero attached hydrogens (tertiary/aromatic N) is 1. The van der Waals surface area contributed by atoms with Gasteiger partial charge >= 0.3 is 0 Å². The average molecular weight is 256 g/mol. The SMILES string of the molecule is CCCNC1CCC(CC)CC1N(C)CCOC. The molecule has 0 aromatic carbocycles. The van der Waals surface area contributed by atoms with Gasteiger partial charge in [0.15, 0.2) is 0 Å². The van der Waals surface area contributed by atoms with Crippen LogP contribution in [0.2, 0.25) is 0 Å². The van der Waals surface area contributed by atoms with Gasteiger partial charge in [0.1, 0.15) is 0 Å². The van der Waals surface area contributed by atoms with Crippen LogP contribution in [-0.4, -0.2) is 50.8 Å². The largest absolute Gasteiger partial charge is 0.383 e. The fraction of sp³-hybridized carbons (Fsp3) is 1.00. The smallest absolute Gasteiger partial charge is 0.0589 e. The Bertz CT molecular complexity index is 211. The minimum atomic E-state index is 0.676. The first kappa shape index (κ1) is 15.9. The van der Waals surface area contributed by atoms with Crippen LogP contribution in [0.5, 0.6) is 0 Å². The third-order valence-electron chi connectivity index (χ3n) is 4.37. The molecule has 108 valence electrons. The fourth-order valence-corrected chi connectivity index (χ4v) is 3.06. The zero-order valence-corrected chi connectivity index (χ0v) is 12.7. The monoisotopic (exact) mass is 256 g/mol. The highest BCUT2D eigenvalue weighted by Crippen LogP contribution is 2.29. The van der Waals surface area contributed by atoms with Crippen LogP contribution in [0.3, 0.4) is 0 Å². The first-order valence-corrected chi connectivity index (χ1v) is 7.65. The summed E-state index contributed by atoms with van der Waals surface area (Å²) >= 11 is 0. The summed E-state index contributed by atoms with van der Waals surface area (Å²) in [5, 5.41) is 3.74. The molecule has 3 unspecified atom stereocenters. The second kappa shape index (κ2) is 8.89. The van der Waals surface area contributed by atoms with Crippen LogP contribution < -0.4 is 5.32 Å². The molecule has 0 spiro atoms. The molecule has 0 amide bonds. The molecule has 3 nitrogen and oxygen atoms in total. The molecule has 1 fully saturated rings. The fourth-order valence-electron chi connectivity index (χ4n) is 3.06. The molecular weight excluding hydrogens is 224 g/mol. The minimum absolute atomic E-state index is 0.676. The zero-order chi connectivity index (χ0) is 13.4. The van der Waals surface area contributed by atoms with Gasteiger partial charge in [-0.3, -0.25) is 4.90 Å². The van der Waals surface area contributed by atoms with Crippen molar-refractivity contribution in [1.82, 2.24) is 10.2 Å². The molecule has 3 heteroatoms. The van der Waals surface area contributed by atoms with Crippen molar-refractivity contribution in [2.24, 2.45) is 5.92 Å². The lowest BCUT2D eigenvalue weighted by molar-refractivity contribution is 0.0864. The van der Waals surface area contributed by atoms with Crippen LogP contribution in [0.4, 0.5) is 0 Å². The molecule has 0 saturated heterocycles. The van der Waals surface area contributed by atoms with E-state index in [-0.39, 0.29) is 0 Å². The lowest BCUT2D eigenvalue weighted by Crippen LogP contribution is -2.52. The van der Waals surface area contributed by atoms with Gasteiger partial charge in [-0.15, -0.1) is 0 Å². The highest BCUT2D eigenvalue weighted by atomic mass is 16.5. The first-order valence-electron chi connectivity index (χ1n) is 7.65. The molecule has 3 atom stereocenters. The molecule has 1 saturated carbocycles. The molecule has 0 radical (unpaired) electrons. The van der Waals surface area contributed by atoms with E-state index in [9.17, 15) is 0 Å². The Morgan fingerprint density at radius 3 is 2.67 bits per heavy atom. The summed E-state index contributed by atoms with van der Waals surface area (Å²) in [6.45, 7) is 7.60. The molecule has 1 aliphatic carbocycles. The van der Waals surface area contributed by atoms with Crippen molar-refractivity contribution < 1.29 is 4.74 Å². The number of nitrogens with one attached hydrogen (secondary N) is 1. The maximum atomic E-state index is 5.21. The Balaban J connectivity index is 2.52. The number of ether oxygens (including phenoxy) is 1. The highest BCUT2D eigenvalue weighted by molar-refractivity contribution is 4.90. The quantitative estimate of drug-likeness (QED) is 0.722. The highest BCUT2D eigenvalue weighted by Gasteiger charge is 2.31. The Labute approximate surface area is 113 Å². The van der Waals surface area contributed by atoms with Gasteiger partial charge < -0.3 is 10.1 Å². The van der Waals surface area contributed by atoms with Crippen LogP contribution in [0.1, 0.15) is 46.0 Å². The van der Waals surface area contributed by atoms with Crippen molar-refractivity contribution in [3.63, 3.8) is 0 Å². The predicted molar refractivity (Wildman–Crippen MR) is 78.0 cm³/mol. The standard InChI is InChI=1S/C15H32N2O/c1-5-9-16-14-8-7-13(6-2)12-15(14)17(3)10-11-18-4/h13-16H,5-12H2,1-4H3. The van der Waals surface area contributed by atoms with Gasteiger partial charge in [0.25, 0.3) is 0 Å². The molecule has 0 aromatic heterocycles. The second-order valence-corrected chi connectivity index (χ2v) is 5.69. The second-order valence-electron chi connectivity index (χ2n) is 5.69. The molecular formula is C15H32N2O. The summed E-state index contributed by atoms with van der Waals surface area (Å²) < 4.78 is 5.21. The Hall–Kier alpha value is -0.120. The van der Waals surface area contributed by atoms with Crippen molar-refractivity contribution in [3.05, 3.63) is 0 Å². The predicted octanol–water partition coefficient (Wildman–Crippen LogP) is 2.51. The van der Waals surface area contributed by atoms with Crippen LogP contribution >= 0.6 is 0 Å². The van der Waals surface area contributed by atoms with Gasteiger partial charge in [0.05, 0.1) is 6.61 Å². The molecule has 0 aliphatic heterocycles. The Morgan fingerprint density at radius 2 is 2.06 bits per heavy atom. The Morgan fingerprint density at radius 1 is 1.28 bits per heavy atom. The number of rotatable bonds is 8. The molecule has 0 aromatic rings. The molecule has 1 rings (SSSR count). The van der Waals surface area contributed by atoms with Crippen molar-refractivity contribution in [2.75, 3.05) is 33.9 Å². The van der Waals surface area contributed by atoms with Gasteiger partial charge in [0.2, 0.25) is 0 Å². The summed E-state index contributed by atoms with van der Waals surface area (Å²) in [5.74, 6) is 0.916. The number of hydrogen-bond acceptors (Lipinski definition) is 3. The third kappa shape index (κ3) is 4.87. The summed E-state index contributed by atoms with van der Waals surface area (Å²) in [5.41, 5.74) is 0. The Kier molecular flexibility index (Phi) is 7.87. The third-order valence-corrected chi connectivity index (χ3v) is 4.37. The maximum absolute atomic E-state index is 5.21. The normalized spacial score (nSPS) is 28.8. The summed E-state index contributed by atoms with van der Waals surface area (Å²) in [6, 6.07) is 1.36. The van der Waals surface area contributed by atoms with E-state index in [4.69, 9.17) is 4.74 Å². The molecule has 18 heavy (non-hydrogen) atoms. The van der Waals surface area contributed by atoms with E-state index >= 15 is 0 Å². The molecule has 1 aliphatic rings. The maximum Gasteiger partial charge on any atom is 0.0589 e. The van der Waals surface area contributed by atoms with E-state index in [1.807, 2.05) is 0 Å². The molecule has 0 bridgehead atoms. The number of likely N-dealkylation sites (N-methyl/N-ethyl adjacent to an activating group) is 1. The van der Waals surface area contributed by atoms with E-state index in [1.54, 1.807) is 7.11 Å². The van der Waals surface area contributed by atoms with Gasteiger partial charge in [-0.2, -0.15) is 0 Å². The van der Waals surface area contributed by atoms with Crippen LogP contribution in [0.25, 0.3) is 0 Å². The van der Waals surface area contributed by atoms with Crippen LogP contribution in [0, 0.1) is 5.92 Å². The van der Waals surface area contributed by atoms with Crippen molar-refractivity contribution in [1.29, 1.82) is 0 Å². The van der Waals surface area contributed by atoms with Crippen molar-refractivity contribution >= 4 is 0 Å². The first-order chi connectivity index (χ1) is 8.72. The van der Waals surface area contributed by atoms with E-state index in [2.05, 4.69) is 31.1 Å². The number of hydrogen-bond donors (Lipinski definition) is 1. The van der Waals surface area contributed by atoms with Crippen molar-refractivity contribution in [2.45, 2.75) is 58.0 Å². The summed E-state index contributed by atoms with van der Waals surface area (Å²) in [4.78, 5) is 2.50. The zero-order valence-electron chi connectivity index (χ0n) is 12.7. The lowest BCUT2D eigenvalue weighted by atomic mass is 9.80. The average Bonchev–Trinajstić information content (AvgIpc) is 2.42. The van der Waals surface area contributed by atoms with E-state index < -0.39 is 0 Å². The molecule has 0 heterocycles. The summed E-state index contributed by atoms with van der Waals surface area (Å²) in [7, 11) is 4.04. The lowest BCUT2D eigenvalue weighted by Gasteiger charge is -2.41. The number of methoxy groups -OCH3 is 1. The van der Waals surface area contributed by atoms with Gasteiger partial charge in [-0.1, -0.05) is 20.3 Å². The van der Waals surface area contributed by atoms with Gasteiger partial charge in [-0.25, -0.2) is 0 Å².